The normalized spacial score (nSPS) is 28.6. The van der Waals surface area contributed by atoms with Crippen LogP contribution in [0.3, 0.4) is 0 Å². The predicted molar refractivity (Wildman–Crippen MR) is 206 cm³/mol. The summed E-state index contributed by atoms with van der Waals surface area (Å²) in [6.45, 7) is 6.28. The SMILES string of the molecule is CC[C@@H]1C[C@H](C)CCC=C[C@@H]2C[C@@]2(C(=O)NS(=O)(=O)C2(C)CC2)NC(=O)[C@@H]2C[C@@H](Oc3nccc4cc(OC)c(F)cc34)CN2C(=O)[C@H]1NC(=O)OC(C)(C)C(F)(F)F. The van der Waals surface area contributed by atoms with Crippen LogP contribution in [0, 0.1) is 23.6 Å². The van der Waals surface area contributed by atoms with Gasteiger partial charge in [-0.1, -0.05) is 32.4 Å². The summed E-state index contributed by atoms with van der Waals surface area (Å²) in [4.78, 5) is 62.0. The molecule has 59 heavy (non-hydrogen) atoms. The number of carbonyl (C=O) groups excluding carboxylic acids is 4. The van der Waals surface area contributed by atoms with Crippen LogP contribution in [0.1, 0.15) is 86.0 Å². The van der Waals surface area contributed by atoms with E-state index in [9.17, 15) is 45.2 Å². The second-order valence-corrected chi connectivity index (χ2v) is 19.2. The molecule has 7 atom stereocenters. The molecular formula is C40H51F4N5O9S. The number of hydrogen-bond donors (Lipinski definition) is 3. The molecule has 0 bridgehead atoms. The van der Waals surface area contributed by atoms with Crippen molar-refractivity contribution >= 4 is 44.6 Å². The summed E-state index contributed by atoms with van der Waals surface area (Å²) in [7, 11) is -2.79. The van der Waals surface area contributed by atoms with Crippen LogP contribution < -0.4 is 24.8 Å². The Balaban J connectivity index is 1.38. The van der Waals surface area contributed by atoms with E-state index in [1.807, 2.05) is 13.0 Å². The Labute approximate surface area is 340 Å². The number of alkyl halides is 3. The Hall–Kier alpha value is -4.68. The van der Waals surface area contributed by atoms with Crippen molar-refractivity contribution in [1.82, 2.24) is 25.2 Å². The topological polar surface area (TPSA) is 182 Å². The molecule has 3 N–H and O–H groups in total. The summed E-state index contributed by atoms with van der Waals surface area (Å²) in [5, 5.41) is 5.93. The maximum Gasteiger partial charge on any atom is 0.427 e. The van der Waals surface area contributed by atoms with Crippen molar-refractivity contribution in [3.05, 3.63) is 42.4 Å². The number of sulfonamides is 1. The highest BCUT2D eigenvalue weighted by atomic mass is 32.2. The molecule has 1 saturated heterocycles. The molecular weight excluding hydrogens is 803 g/mol. The van der Waals surface area contributed by atoms with Gasteiger partial charge >= 0.3 is 12.3 Å². The van der Waals surface area contributed by atoms with Crippen LogP contribution in [0.15, 0.2) is 36.5 Å². The number of nitrogens with one attached hydrogen (secondary N) is 3. The van der Waals surface area contributed by atoms with Crippen molar-refractivity contribution in [3.63, 3.8) is 0 Å². The lowest BCUT2D eigenvalue weighted by molar-refractivity contribution is -0.244. The number of pyridine rings is 1. The first-order chi connectivity index (χ1) is 27.5. The van der Waals surface area contributed by atoms with Crippen molar-refractivity contribution in [3.8, 4) is 11.6 Å². The van der Waals surface area contributed by atoms with Gasteiger partial charge in [-0.15, -0.1) is 0 Å². The Morgan fingerprint density at radius 1 is 1.14 bits per heavy atom. The largest absolute Gasteiger partial charge is 0.494 e. The summed E-state index contributed by atoms with van der Waals surface area (Å²) < 4.78 is 99.9. The second-order valence-electron chi connectivity index (χ2n) is 17.0. The fourth-order valence-electron chi connectivity index (χ4n) is 7.82. The second kappa shape index (κ2) is 16.1. The molecule has 1 aromatic carbocycles. The first-order valence-electron chi connectivity index (χ1n) is 19.8. The zero-order valence-corrected chi connectivity index (χ0v) is 34.6. The van der Waals surface area contributed by atoms with Crippen LogP contribution in [-0.2, 0) is 29.1 Å². The Morgan fingerprint density at radius 3 is 2.49 bits per heavy atom. The summed E-state index contributed by atoms with van der Waals surface area (Å²) in [6.07, 6.45) is -0.0192. The summed E-state index contributed by atoms with van der Waals surface area (Å²) >= 11 is 0. The molecule has 4 aliphatic rings. The lowest BCUT2D eigenvalue weighted by Gasteiger charge is -2.35. The molecule has 324 valence electrons. The van der Waals surface area contributed by atoms with E-state index in [0.29, 0.717) is 57.8 Å². The summed E-state index contributed by atoms with van der Waals surface area (Å²) in [6, 6.07) is 1.36. The van der Waals surface area contributed by atoms with Gasteiger partial charge in [0.25, 0.3) is 5.91 Å². The predicted octanol–water partition coefficient (Wildman–Crippen LogP) is 5.44. The van der Waals surface area contributed by atoms with E-state index >= 15 is 0 Å². The van der Waals surface area contributed by atoms with Gasteiger partial charge in [-0.05, 0) is 94.7 Å². The zero-order chi connectivity index (χ0) is 43.3. The summed E-state index contributed by atoms with van der Waals surface area (Å²) in [5.74, 6) is -4.60. The number of amides is 4. The Morgan fingerprint density at radius 2 is 1.85 bits per heavy atom. The molecule has 0 unspecified atom stereocenters. The van der Waals surface area contributed by atoms with Crippen molar-refractivity contribution in [2.24, 2.45) is 17.8 Å². The number of carbonyl (C=O) groups is 4. The Bertz CT molecular complexity index is 2130. The monoisotopic (exact) mass is 853 g/mol. The summed E-state index contributed by atoms with van der Waals surface area (Å²) in [5.41, 5.74) is -4.60. The van der Waals surface area contributed by atoms with Gasteiger partial charge in [-0.3, -0.25) is 19.1 Å². The van der Waals surface area contributed by atoms with Gasteiger partial charge in [-0.25, -0.2) is 22.6 Å². The molecule has 2 saturated carbocycles. The average Bonchev–Trinajstić information content (AvgIpc) is 4.03. The molecule has 2 aliphatic carbocycles. The highest BCUT2D eigenvalue weighted by molar-refractivity contribution is 7.91. The van der Waals surface area contributed by atoms with Crippen LogP contribution in [0.5, 0.6) is 11.6 Å². The van der Waals surface area contributed by atoms with E-state index in [4.69, 9.17) is 14.2 Å². The fraction of sp³-hybridized carbons (Fsp3) is 0.625. The number of hydrogen-bond acceptors (Lipinski definition) is 10. The lowest BCUT2D eigenvalue weighted by Crippen LogP contribution is -2.60. The van der Waals surface area contributed by atoms with E-state index in [2.05, 4.69) is 20.3 Å². The maximum atomic E-state index is 14.9. The Kier molecular flexibility index (Phi) is 11.9. The van der Waals surface area contributed by atoms with Gasteiger partial charge in [0.2, 0.25) is 33.3 Å². The number of rotatable bonds is 9. The van der Waals surface area contributed by atoms with E-state index in [-0.39, 0.29) is 42.3 Å². The van der Waals surface area contributed by atoms with Gasteiger partial charge < -0.3 is 29.7 Å². The zero-order valence-electron chi connectivity index (χ0n) is 33.8. The number of nitrogens with zero attached hydrogens (tertiary/aromatic N) is 2. The number of allylic oxidation sites excluding steroid dienone is 1. The number of halogens is 4. The highest BCUT2D eigenvalue weighted by Crippen LogP contribution is 2.48. The van der Waals surface area contributed by atoms with Gasteiger partial charge in [0.1, 0.15) is 23.7 Å². The quantitative estimate of drug-likeness (QED) is 0.217. The van der Waals surface area contributed by atoms with Crippen LogP contribution in [0.2, 0.25) is 0 Å². The number of methoxy groups -OCH3 is 1. The van der Waals surface area contributed by atoms with E-state index in [0.717, 1.165) is 4.90 Å². The molecule has 2 aromatic rings. The van der Waals surface area contributed by atoms with E-state index in [1.54, 1.807) is 19.1 Å². The van der Waals surface area contributed by atoms with Gasteiger partial charge in [-0.2, -0.15) is 13.2 Å². The van der Waals surface area contributed by atoms with E-state index < -0.39 is 91.7 Å². The molecule has 3 heterocycles. The smallest absolute Gasteiger partial charge is 0.427 e. The van der Waals surface area contributed by atoms with E-state index in [1.165, 1.54) is 32.4 Å². The number of ether oxygens (including phenoxy) is 3. The van der Waals surface area contributed by atoms with Crippen LogP contribution in [-0.4, -0.2) is 96.0 Å². The first-order valence-corrected chi connectivity index (χ1v) is 21.2. The molecule has 19 heteroatoms. The number of alkyl carbamates (subject to hydrolysis) is 1. The standard InChI is InChI=1S/C40H51F4N5O9S/c1-7-23-16-22(2)10-8-9-11-25-20-39(25,35(52)48-59(54,55)38(5)13-14-38)47-32(50)29-18-26(57-33-27-19-28(41)30(56-6)17-24(27)12-15-45-33)21-49(29)34(51)31(23)46-36(53)58-37(3,4)40(42,43)44/h9,11-12,15,17,19,22-23,25-26,29,31H,7-8,10,13-14,16,18,20-21H2,1-6H3,(H,46,53)(H,47,50)(H,48,52)/t22-,23-,25-,26-,29+,31+,39-/m1/s1. The molecule has 0 spiro atoms. The van der Waals surface area contributed by atoms with Gasteiger partial charge in [0.05, 0.1) is 18.4 Å². The van der Waals surface area contributed by atoms with Crippen LogP contribution >= 0.6 is 0 Å². The molecule has 6 rings (SSSR count). The molecule has 2 aliphatic heterocycles. The van der Waals surface area contributed by atoms with Gasteiger partial charge in [0.15, 0.2) is 11.6 Å². The maximum absolute atomic E-state index is 14.9. The molecule has 4 amide bonds. The molecule has 1 aromatic heterocycles. The molecule has 3 fully saturated rings. The molecule has 14 nitrogen and oxygen atoms in total. The van der Waals surface area contributed by atoms with Crippen molar-refractivity contribution in [2.45, 2.75) is 126 Å². The minimum absolute atomic E-state index is 0.0237. The molecule has 0 radical (unpaired) electrons. The fourth-order valence-corrected chi connectivity index (χ4v) is 9.13. The number of fused-ring (bicyclic) bond motifs is 3. The van der Waals surface area contributed by atoms with Crippen molar-refractivity contribution in [2.75, 3.05) is 13.7 Å². The minimum atomic E-state index is -4.94. The van der Waals surface area contributed by atoms with Gasteiger partial charge in [0, 0.05) is 23.9 Å². The third kappa shape index (κ3) is 8.94. The average molecular weight is 854 g/mol. The third-order valence-corrected chi connectivity index (χ3v) is 14.3. The van der Waals surface area contributed by atoms with Crippen molar-refractivity contribution in [1.29, 1.82) is 0 Å². The minimum Gasteiger partial charge on any atom is -0.494 e. The van der Waals surface area contributed by atoms with Crippen LogP contribution in [0.4, 0.5) is 22.4 Å². The van der Waals surface area contributed by atoms with Crippen LogP contribution in [0.25, 0.3) is 10.8 Å². The first kappa shape index (κ1) is 43.9. The van der Waals surface area contributed by atoms with Crippen molar-refractivity contribution < 1.29 is 59.4 Å². The highest BCUT2D eigenvalue weighted by Gasteiger charge is 2.63. The third-order valence-electron chi connectivity index (χ3n) is 12.2. The lowest BCUT2D eigenvalue weighted by atomic mass is 9.85. The number of benzene rings is 1. The number of aromatic nitrogens is 1.